The Morgan fingerprint density at radius 1 is 1.18 bits per heavy atom. The molecule has 0 unspecified atom stereocenters. The van der Waals surface area contributed by atoms with Crippen LogP contribution in [0.25, 0.3) is 0 Å². The molecule has 0 aliphatic heterocycles. The van der Waals surface area contributed by atoms with E-state index in [-0.39, 0.29) is 23.3 Å². The molecule has 2 aromatic rings. The molecule has 0 aliphatic carbocycles. The third-order valence-electron chi connectivity index (χ3n) is 2.92. The fraction of sp³-hybridized carbons (Fsp3) is 0.125. The molecule has 4 nitrogen and oxygen atoms in total. The van der Waals surface area contributed by atoms with Gasteiger partial charge in [0.2, 0.25) is 5.91 Å². The molecular weight excluding hydrogens is 307 g/mol. The number of carbonyl (C=O) groups is 2. The highest BCUT2D eigenvalue weighted by atomic mass is 35.5. The van der Waals surface area contributed by atoms with Crippen molar-refractivity contribution in [1.29, 1.82) is 0 Å². The molecule has 0 atom stereocenters. The molecule has 6 heteroatoms. The number of rotatable bonds is 5. The second-order valence-electron chi connectivity index (χ2n) is 4.66. The highest BCUT2D eigenvalue weighted by Gasteiger charge is 2.07. The van der Waals surface area contributed by atoms with E-state index >= 15 is 0 Å². The predicted octanol–water partition coefficient (Wildman–Crippen LogP) is 3.73. The first-order valence-electron chi connectivity index (χ1n) is 6.55. The lowest BCUT2D eigenvalue weighted by molar-refractivity contribution is -0.114. The normalized spacial score (nSPS) is 10.1. The van der Waals surface area contributed by atoms with Crippen LogP contribution in [0.4, 0.5) is 15.8 Å². The summed E-state index contributed by atoms with van der Waals surface area (Å²) in [6.07, 6.45) is 0. The van der Waals surface area contributed by atoms with Gasteiger partial charge in [-0.3, -0.25) is 9.59 Å². The molecule has 0 heterocycles. The van der Waals surface area contributed by atoms with Crippen LogP contribution in [0.1, 0.15) is 17.3 Å². The Balaban J connectivity index is 1.95. The number of benzene rings is 2. The maximum atomic E-state index is 12.9. The Hall–Kier alpha value is -2.40. The van der Waals surface area contributed by atoms with E-state index in [4.69, 9.17) is 11.6 Å². The standard InChI is InChI=1S/C16H14ClFN2O2/c1-10(21)11-3-2-4-13(7-11)20-16(22)9-19-15-6-5-12(18)8-14(15)17/h2-8,19H,9H2,1H3,(H,20,22). The largest absolute Gasteiger partial charge is 0.375 e. The molecular formula is C16H14ClFN2O2. The summed E-state index contributed by atoms with van der Waals surface area (Å²) in [4.78, 5) is 23.2. The van der Waals surface area contributed by atoms with E-state index in [9.17, 15) is 14.0 Å². The van der Waals surface area contributed by atoms with E-state index in [0.717, 1.165) is 6.07 Å². The lowest BCUT2D eigenvalue weighted by Crippen LogP contribution is -2.22. The molecule has 0 spiro atoms. The van der Waals surface area contributed by atoms with E-state index in [0.29, 0.717) is 16.9 Å². The third kappa shape index (κ3) is 4.30. The van der Waals surface area contributed by atoms with Crippen molar-refractivity contribution in [2.75, 3.05) is 17.2 Å². The van der Waals surface area contributed by atoms with Gasteiger partial charge < -0.3 is 10.6 Å². The van der Waals surface area contributed by atoms with Crippen LogP contribution in [0, 0.1) is 5.82 Å². The van der Waals surface area contributed by atoms with Gasteiger partial charge in [-0.15, -0.1) is 0 Å². The van der Waals surface area contributed by atoms with E-state index in [1.807, 2.05) is 0 Å². The van der Waals surface area contributed by atoms with Crippen LogP contribution in [0.2, 0.25) is 5.02 Å². The lowest BCUT2D eigenvalue weighted by atomic mass is 10.1. The second kappa shape index (κ2) is 7.04. The molecule has 2 aromatic carbocycles. The number of ketones is 1. The highest BCUT2D eigenvalue weighted by molar-refractivity contribution is 6.33. The number of anilines is 2. The summed E-state index contributed by atoms with van der Waals surface area (Å²) in [5.74, 6) is -0.825. The minimum absolute atomic E-state index is 0.0321. The van der Waals surface area contributed by atoms with E-state index in [1.54, 1.807) is 24.3 Å². The first-order valence-corrected chi connectivity index (χ1v) is 6.93. The monoisotopic (exact) mass is 320 g/mol. The maximum absolute atomic E-state index is 12.9. The predicted molar refractivity (Wildman–Crippen MR) is 85.0 cm³/mol. The molecule has 1 amide bonds. The Kier molecular flexibility index (Phi) is 5.12. The number of nitrogens with one attached hydrogen (secondary N) is 2. The molecule has 22 heavy (non-hydrogen) atoms. The third-order valence-corrected chi connectivity index (χ3v) is 3.24. The number of halogens is 2. The van der Waals surface area contributed by atoms with Gasteiger partial charge in [-0.05, 0) is 37.3 Å². The molecule has 0 saturated heterocycles. The van der Waals surface area contributed by atoms with Crippen LogP contribution in [0.15, 0.2) is 42.5 Å². The zero-order valence-electron chi connectivity index (χ0n) is 11.8. The maximum Gasteiger partial charge on any atom is 0.243 e. The quantitative estimate of drug-likeness (QED) is 0.825. The first kappa shape index (κ1) is 16.0. The van der Waals surface area contributed by atoms with Gasteiger partial charge in [0.1, 0.15) is 5.82 Å². The summed E-state index contributed by atoms with van der Waals surface area (Å²) in [5, 5.41) is 5.69. The van der Waals surface area contributed by atoms with E-state index in [1.165, 1.54) is 19.1 Å². The fourth-order valence-electron chi connectivity index (χ4n) is 1.83. The van der Waals surface area contributed by atoms with Crippen molar-refractivity contribution in [1.82, 2.24) is 0 Å². The summed E-state index contributed by atoms with van der Waals surface area (Å²) < 4.78 is 12.9. The van der Waals surface area contributed by atoms with Gasteiger partial charge in [0.15, 0.2) is 5.78 Å². The minimum Gasteiger partial charge on any atom is -0.375 e. The number of hydrogen-bond donors (Lipinski definition) is 2. The van der Waals surface area contributed by atoms with Crippen molar-refractivity contribution < 1.29 is 14.0 Å². The molecule has 0 aliphatic rings. The number of carbonyl (C=O) groups excluding carboxylic acids is 2. The van der Waals surface area contributed by atoms with Gasteiger partial charge in [-0.2, -0.15) is 0 Å². The van der Waals surface area contributed by atoms with E-state index in [2.05, 4.69) is 10.6 Å². The van der Waals surface area contributed by atoms with Crippen LogP contribution < -0.4 is 10.6 Å². The smallest absolute Gasteiger partial charge is 0.243 e. The molecule has 2 N–H and O–H groups in total. The summed E-state index contributed by atoms with van der Waals surface area (Å²) >= 11 is 5.86. The number of hydrogen-bond acceptors (Lipinski definition) is 3. The average Bonchev–Trinajstić information content (AvgIpc) is 2.46. The number of Topliss-reactive ketones (excluding diaryl/α,β-unsaturated/α-hetero) is 1. The number of amides is 1. The van der Waals surface area contributed by atoms with Crippen LogP contribution >= 0.6 is 11.6 Å². The van der Waals surface area contributed by atoms with Gasteiger partial charge in [-0.25, -0.2) is 4.39 Å². The first-order chi connectivity index (χ1) is 10.5. The van der Waals surface area contributed by atoms with Crippen LogP contribution in [-0.4, -0.2) is 18.2 Å². The Labute approximate surface area is 132 Å². The average molecular weight is 321 g/mol. The summed E-state index contributed by atoms with van der Waals surface area (Å²) in [5.41, 5.74) is 1.52. The Morgan fingerprint density at radius 2 is 1.95 bits per heavy atom. The molecule has 0 saturated carbocycles. The van der Waals surface area contributed by atoms with Crippen LogP contribution in [-0.2, 0) is 4.79 Å². The SMILES string of the molecule is CC(=O)c1cccc(NC(=O)CNc2ccc(F)cc2Cl)c1. The zero-order chi connectivity index (χ0) is 16.1. The van der Waals surface area contributed by atoms with Gasteiger partial charge in [-0.1, -0.05) is 23.7 Å². The second-order valence-corrected chi connectivity index (χ2v) is 5.07. The van der Waals surface area contributed by atoms with Crippen molar-refractivity contribution in [3.63, 3.8) is 0 Å². The molecule has 114 valence electrons. The summed E-state index contributed by atoms with van der Waals surface area (Å²) in [6, 6.07) is 10.5. The van der Waals surface area contributed by atoms with Gasteiger partial charge in [0, 0.05) is 11.3 Å². The van der Waals surface area contributed by atoms with Crippen molar-refractivity contribution >= 4 is 34.7 Å². The van der Waals surface area contributed by atoms with Crippen LogP contribution in [0.3, 0.4) is 0 Å². The Bertz CT molecular complexity index is 719. The van der Waals surface area contributed by atoms with Crippen molar-refractivity contribution in [3.05, 3.63) is 58.9 Å². The molecule has 2 rings (SSSR count). The topological polar surface area (TPSA) is 58.2 Å². The van der Waals surface area contributed by atoms with E-state index < -0.39 is 5.82 Å². The molecule has 0 bridgehead atoms. The summed E-state index contributed by atoms with van der Waals surface area (Å²) in [6.45, 7) is 1.43. The van der Waals surface area contributed by atoms with Gasteiger partial charge in [0.25, 0.3) is 0 Å². The minimum atomic E-state index is -0.443. The summed E-state index contributed by atoms with van der Waals surface area (Å²) in [7, 11) is 0. The zero-order valence-corrected chi connectivity index (χ0v) is 12.6. The Morgan fingerprint density at radius 3 is 2.64 bits per heavy atom. The van der Waals surface area contributed by atoms with Crippen LogP contribution in [0.5, 0.6) is 0 Å². The molecule has 0 fully saturated rings. The lowest BCUT2D eigenvalue weighted by Gasteiger charge is -2.09. The van der Waals surface area contributed by atoms with Gasteiger partial charge in [0.05, 0.1) is 17.3 Å². The van der Waals surface area contributed by atoms with Crippen molar-refractivity contribution in [2.45, 2.75) is 6.92 Å². The fourth-order valence-corrected chi connectivity index (χ4v) is 2.06. The van der Waals surface area contributed by atoms with Gasteiger partial charge >= 0.3 is 0 Å². The molecule has 0 aromatic heterocycles. The molecule has 0 radical (unpaired) electrons. The van der Waals surface area contributed by atoms with Crippen molar-refractivity contribution in [2.24, 2.45) is 0 Å². The highest BCUT2D eigenvalue weighted by Crippen LogP contribution is 2.22. The van der Waals surface area contributed by atoms with Crippen molar-refractivity contribution in [3.8, 4) is 0 Å².